The highest BCUT2D eigenvalue weighted by atomic mass is 19.3. The predicted octanol–water partition coefficient (Wildman–Crippen LogP) is 0.880. The van der Waals surface area contributed by atoms with Gasteiger partial charge in [-0.05, 0) is 6.92 Å². The van der Waals surface area contributed by atoms with Gasteiger partial charge in [-0.3, -0.25) is 4.79 Å². The van der Waals surface area contributed by atoms with Gasteiger partial charge >= 0.3 is 5.92 Å². The molecule has 0 aromatic carbocycles. The first-order valence-electron chi connectivity index (χ1n) is 3.81. The minimum atomic E-state index is -3.38. The molecule has 0 aromatic heterocycles. The number of oxime groups is 1. The highest BCUT2D eigenvalue weighted by Crippen LogP contribution is 2.13. The van der Waals surface area contributed by atoms with Gasteiger partial charge < -0.3 is 10.2 Å². The number of nitrogens with zero attached hydrogens (tertiary/aromatic N) is 1. The number of halogens is 2. The maximum absolute atomic E-state index is 12.4. The quantitative estimate of drug-likeness (QED) is 0.670. The Morgan fingerprint density at radius 2 is 2.38 bits per heavy atom. The first-order valence-corrected chi connectivity index (χ1v) is 3.81. The third-order valence-corrected chi connectivity index (χ3v) is 1.48. The molecule has 0 fully saturated rings. The lowest BCUT2D eigenvalue weighted by Crippen LogP contribution is -2.41. The average Bonchev–Trinajstić information content (AvgIpc) is 2.33. The molecule has 1 heterocycles. The van der Waals surface area contributed by atoms with Crippen LogP contribution in [0.15, 0.2) is 5.16 Å². The molecule has 4 nitrogen and oxygen atoms in total. The Kier molecular flexibility index (Phi) is 2.49. The Labute approximate surface area is 73.9 Å². The third kappa shape index (κ3) is 2.64. The minimum Gasteiger partial charge on any atom is -0.391 e. The van der Waals surface area contributed by atoms with Crippen molar-refractivity contribution in [3.8, 4) is 0 Å². The fourth-order valence-corrected chi connectivity index (χ4v) is 0.815. The van der Waals surface area contributed by atoms with Crippen LogP contribution in [0.1, 0.15) is 20.3 Å². The topological polar surface area (TPSA) is 50.7 Å². The van der Waals surface area contributed by atoms with Crippen molar-refractivity contribution in [2.75, 3.05) is 0 Å². The zero-order chi connectivity index (χ0) is 10.1. The predicted molar refractivity (Wildman–Crippen MR) is 41.4 cm³/mol. The molecule has 6 heteroatoms. The minimum absolute atomic E-state index is 0.152. The van der Waals surface area contributed by atoms with Crippen molar-refractivity contribution < 1.29 is 18.4 Å². The van der Waals surface area contributed by atoms with Crippen molar-refractivity contribution >= 4 is 11.7 Å². The maximum Gasteiger partial charge on any atom is 0.322 e. The number of alkyl halides is 2. The molecule has 1 rings (SSSR count). The summed E-state index contributed by atoms with van der Waals surface area (Å²) in [6, 6.07) is 0. The lowest BCUT2D eigenvalue weighted by Gasteiger charge is -2.09. The normalized spacial score (nSPS) is 22.2. The summed E-state index contributed by atoms with van der Waals surface area (Å²) in [5.41, 5.74) is 0. The second-order valence-electron chi connectivity index (χ2n) is 3.00. The summed E-state index contributed by atoms with van der Waals surface area (Å²) >= 11 is 0. The summed E-state index contributed by atoms with van der Waals surface area (Å²) < 4.78 is 24.7. The fraction of sp³-hybridized carbons (Fsp3) is 0.714. The van der Waals surface area contributed by atoms with E-state index >= 15 is 0 Å². The van der Waals surface area contributed by atoms with Gasteiger partial charge in [-0.15, -0.1) is 0 Å². The average molecular weight is 192 g/mol. The van der Waals surface area contributed by atoms with E-state index in [0.717, 1.165) is 0 Å². The van der Waals surface area contributed by atoms with E-state index in [2.05, 4.69) is 5.16 Å². The lowest BCUT2D eigenvalue weighted by atomic mass is 10.2. The number of carbonyl (C=O) groups is 1. The van der Waals surface area contributed by atoms with E-state index in [-0.39, 0.29) is 11.9 Å². The molecule has 1 unspecified atom stereocenters. The summed E-state index contributed by atoms with van der Waals surface area (Å²) in [4.78, 5) is 15.4. The Hall–Kier alpha value is -1.20. The molecule has 1 aliphatic rings. The van der Waals surface area contributed by atoms with Gasteiger partial charge in [0.2, 0.25) is 0 Å². The highest BCUT2D eigenvalue weighted by molar-refractivity contribution is 6.01. The van der Waals surface area contributed by atoms with Crippen LogP contribution >= 0.6 is 0 Å². The first kappa shape index (κ1) is 9.88. The second-order valence-corrected chi connectivity index (χ2v) is 3.00. The number of carbonyl (C=O) groups excluding carboxylic acids is 1. The number of hydrogen-bond acceptors (Lipinski definition) is 3. The van der Waals surface area contributed by atoms with E-state index in [4.69, 9.17) is 4.84 Å². The lowest BCUT2D eigenvalue weighted by molar-refractivity contribution is -0.141. The number of hydrogen-bond donors (Lipinski definition) is 1. The van der Waals surface area contributed by atoms with Crippen molar-refractivity contribution in [3.63, 3.8) is 0 Å². The largest absolute Gasteiger partial charge is 0.391 e. The van der Waals surface area contributed by atoms with E-state index in [1.807, 2.05) is 5.32 Å². The molecule has 1 N–H and O–H groups in total. The van der Waals surface area contributed by atoms with Gasteiger partial charge in [0.25, 0.3) is 5.91 Å². The highest BCUT2D eigenvalue weighted by Gasteiger charge is 2.34. The second kappa shape index (κ2) is 3.27. The van der Waals surface area contributed by atoms with Gasteiger partial charge in [0, 0.05) is 13.3 Å². The summed E-state index contributed by atoms with van der Waals surface area (Å²) in [5, 5.41) is 5.41. The van der Waals surface area contributed by atoms with E-state index in [1.54, 1.807) is 6.92 Å². The molecule has 74 valence electrons. The number of rotatable bonds is 1. The van der Waals surface area contributed by atoms with Crippen LogP contribution in [0.4, 0.5) is 8.78 Å². The molecule has 0 saturated heterocycles. The monoisotopic (exact) mass is 192 g/mol. The Balaban J connectivity index is 2.47. The fourth-order valence-electron chi connectivity index (χ4n) is 0.815. The Morgan fingerprint density at radius 1 is 1.77 bits per heavy atom. The van der Waals surface area contributed by atoms with Crippen LogP contribution in [0.5, 0.6) is 0 Å². The van der Waals surface area contributed by atoms with E-state index < -0.39 is 11.8 Å². The number of amides is 1. The maximum atomic E-state index is 12.4. The molecular formula is C7H10F2N2O2. The summed E-state index contributed by atoms with van der Waals surface area (Å²) in [6.07, 6.45) is 0.183. The molecule has 1 aliphatic heterocycles. The van der Waals surface area contributed by atoms with Gasteiger partial charge in [-0.2, -0.15) is 8.78 Å². The van der Waals surface area contributed by atoms with Gasteiger partial charge in [0.15, 0.2) is 5.84 Å². The van der Waals surface area contributed by atoms with E-state index in [9.17, 15) is 13.6 Å². The zero-order valence-corrected chi connectivity index (χ0v) is 7.30. The van der Waals surface area contributed by atoms with Crippen molar-refractivity contribution in [2.24, 2.45) is 5.16 Å². The van der Waals surface area contributed by atoms with E-state index in [0.29, 0.717) is 13.3 Å². The van der Waals surface area contributed by atoms with Gasteiger partial charge in [0.05, 0.1) is 0 Å². The smallest absolute Gasteiger partial charge is 0.322 e. The molecule has 0 saturated carbocycles. The van der Waals surface area contributed by atoms with E-state index in [1.165, 1.54) is 0 Å². The van der Waals surface area contributed by atoms with Crippen molar-refractivity contribution in [2.45, 2.75) is 32.3 Å². The molecule has 0 aliphatic carbocycles. The summed E-state index contributed by atoms with van der Waals surface area (Å²) in [7, 11) is 0. The molecule has 0 radical (unpaired) electrons. The van der Waals surface area contributed by atoms with Gasteiger partial charge in [0.1, 0.15) is 6.10 Å². The van der Waals surface area contributed by atoms with Crippen LogP contribution in [0.2, 0.25) is 0 Å². The third-order valence-electron chi connectivity index (χ3n) is 1.48. The SMILES string of the molecule is CC1CC(NC(=O)C(C)(F)F)=NO1. The van der Waals surface area contributed by atoms with Crippen LogP contribution in [-0.4, -0.2) is 23.8 Å². The van der Waals surface area contributed by atoms with Crippen LogP contribution in [0.3, 0.4) is 0 Å². The molecule has 0 bridgehead atoms. The summed E-state index contributed by atoms with van der Waals surface area (Å²) in [6.45, 7) is 2.26. The number of amidine groups is 1. The molecule has 0 aromatic rings. The van der Waals surface area contributed by atoms with Gasteiger partial charge in [-0.1, -0.05) is 5.16 Å². The van der Waals surface area contributed by atoms with Crippen LogP contribution < -0.4 is 5.32 Å². The van der Waals surface area contributed by atoms with Crippen molar-refractivity contribution in [3.05, 3.63) is 0 Å². The molecule has 1 atom stereocenters. The first-order chi connectivity index (χ1) is 5.89. The molecule has 1 amide bonds. The van der Waals surface area contributed by atoms with Crippen molar-refractivity contribution in [1.29, 1.82) is 0 Å². The van der Waals surface area contributed by atoms with Crippen LogP contribution in [0, 0.1) is 0 Å². The number of nitrogens with one attached hydrogen (secondary N) is 1. The van der Waals surface area contributed by atoms with Crippen LogP contribution in [-0.2, 0) is 9.63 Å². The van der Waals surface area contributed by atoms with Crippen molar-refractivity contribution in [1.82, 2.24) is 5.32 Å². The summed E-state index contributed by atoms with van der Waals surface area (Å²) in [5.74, 6) is -4.59. The Bertz CT molecular complexity index is 247. The van der Waals surface area contributed by atoms with Gasteiger partial charge in [-0.25, -0.2) is 0 Å². The molecule has 13 heavy (non-hydrogen) atoms. The zero-order valence-electron chi connectivity index (χ0n) is 7.30. The standard InChI is InChI=1S/C7H10F2N2O2/c1-4-3-5(11-13-4)10-6(12)7(2,8)9/h4H,3H2,1-2H3,(H,10,11,12). The molecular weight excluding hydrogens is 182 g/mol. The Morgan fingerprint density at radius 3 is 2.77 bits per heavy atom. The molecule has 0 spiro atoms. The van der Waals surface area contributed by atoms with Crippen LogP contribution in [0.25, 0.3) is 0 Å².